The van der Waals surface area contributed by atoms with Crippen molar-refractivity contribution in [3.05, 3.63) is 0 Å². The molecule has 4 heteroatoms. The molecule has 0 saturated carbocycles. The number of hydrogen-bond acceptors (Lipinski definition) is 4. The van der Waals surface area contributed by atoms with Gasteiger partial charge in [0, 0.05) is 19.2 Å². The Labute approximate surface area is 97.9 Å². The maximum atomic E-state index is 11.4. The summed E-state index contributed by atoms with van der Waals surface area (Å²) in [5.41, 5.74) is 0. The smallest absolute Gasteiger partial charge is 0.320 e. The van der Waals surface area contributed by atoms with Gasteiger partial charge in [0.05, 0.1) is 19.3 Å². The minimum Gasteiger partial charge on any atom is -0.465 e. The number of hydrogen-bond donors (Lipinski definition) is 0. The fraction of sp³-hybridized carbons (Fsp3) is 0.917. The number of carbonyl (C=O) groups excluding carboxylic acids is 1. The average molecular weight is 229 g/mol. The molecule has 1 aliphatic heterocycles. The second-order valence-electron chi connectivity index (χ2n) is 4.46. The summed E-state index contributed by atoms with van der Waals surface area (Å²) >= 11 is 0. The number of carbonyl (C=O) groups is 1. The van der Waals surface area contributed by atoms with Crippen LogP contribution in [-0.2, 0) is 14.3 Å². The Morgan fingerprint density at radius 3 is 2.81 bits per heavy atom. The maximum absolute atomic E-state index is 11.4. The maximum Gasteiger partial charge on any atom is 0.320 e. The molecule has 1 atom stereocenters. The second kappa shape index (κ2) is 6.86. The van der Waals surface area contributed by atoms with Gasteiger partial charge in [0.2, 0.25) is 0 Å². The molecule has 1 aliphatic rings. The predicted molar refractivity (Wildman–Crippen MR) is 62.3 cm³/mol. The number of rotatable bonds is 6. The highest BCUT2D eigenvalue weighted by molar-refractivity contribution is 5.71. The Balaban J connectivity index is 2.37. The lowest BCUT2D eigenvalue weighted by molar-refractivity contribution is -0.145. The Morgan fingerprint density at radius 2 is 2.31 bits per heavy atom. The van der Waals surface area contributed by atoms with Crippen molar-refractivity contribution in [2.45, 2.75) is 45.8 Å². The molecule has 0 spiro atoms. The minimum atomic E-state index is -0.144. The van der Waals surface area contributed by atoms with E-state index in [1.807, 2.05) is 6.92 Å². The zero-order chi connectivity index (χ0) is 12.0. The lowest BCUT2D eigenvalue weighted by Crippen LogP contribution is -2.41. The first-order valence-electron chi connectivity index (χ1n) is 6.14. The summed E-state index contributed by atoms with van der Waals surface area (Å²) in [5.74, 6) is -0.144. The van der Waals surface area contributed by atoms with Gasteiger partial charge < -0.3 is 9.47 Å². The van der Waals surface area contributed by atoms with E-state index < -0.39 is 0 Å². The molecule has 0 aromatic heterocycles. The molecule has 94 valence electrons. The molecule has 1 saturated heterocycles. The van der Waals surface area contributed by atoms with Crippen molar-refractivity contribution in [1.29, 1.82) is 0 Å². The number of ether oxygens (including phenoxy) is 2. The van der Waals surface area contributed by atoms with Gasteiger partial charge in [-0.3, -0.25) is 9.69 Å². The van der Waals surface area contributed by atoms with Crippen LogP contribution in [0.4, 0.5) is 0 Å². The molecule has 0 aromatic carbocycles. The molecule has 0 amide bonds. The van der Waals surface area contributed by atoms with E-state index in [-0.39, 0.29) is 12.1 Å². The monoisotopic (exact) mass is 229 g/mol. The van der Waals surface area contributed by atoms with Crippen LogP contribution >= 0.6 is 0 Å². The third-order valence-electron chi connectivity index (χ3n) is 2.83. The van der Waals surface area contributed by atoms with Crippen molar-refractivity contribution in [2.75, 3.05) is 26.3 Å². The summed E-state index contributed by atoms with van der Waals surface area (Å²) in [6.07, 6.45) is 2.53. The number of nitrogens with zero attached hydrogens (tertiary/aromatic N) is 1. The highest BCUT2D eigenvalue weighted by Crippen LogP contribution is 2.14. The molecule has 4 nitrogen and oxygen atoms in total. The predicted octanol–water partition coefficient (Wildman–Crippen LogP) is 1.44. The quantitative estimate of drug-likeness (QED) is 0.646. The standard InChI is InChI=1S/C12H23NO3/c1-4-15-12(14)9-13(10(2)3)8-11-6-5-7-16-11/h10-11H,4-9H2,1-3H3. The van der Waals surface area contributed by atoms with Gasteiger partial charge in [-0.1, -0.05) is 0 Å². The van der Waals surface area contributed by atoms with E-state index in [1.165, 1.54) is 0 Å². The van der Waals surface area contributed by atoms with Gasteiger partial charge in [-0.05, 0) is 33.6 Å². The normalized spacial score (nSPS) is 20.7. The van der Waals surface area contributed by atoms with Gasteiger partial charge in [-0.15, -0.1) is 0 Å². The molecule has 16 heavy (non-hydrogen) atoms. The van der Waals surface area contributed by atoms with E-state index in [0.717, 1.165) is 26.0 Å². The van der Waals surface area contributed by atoms with Crippen LogP contribution in [0.15, 0.2) is 0 Å². The minimum absolute atomic E-state index is 0.144. The highest BCUT2D eigenvalue weighted by atomic mass is 16.5. The van der Waals surface area contributed by atoms with E-state index in [2.05, 4.69) is 18.7 Å². The third kappa shape index (κ3) is 4.49. The van der Waals surface area contributed by atoms with E-state index >= 15 is 0 Å². The fourth-order valence-electron chi connectivity index (χ4n) is 1.88. The van der Waals surface area contributed by atoms with Crippen molar-refractivity contribution in [3.8, 4) is 0 Å². The summed E-state index contributed by atoms with van der Waals surface area (Å²) in [6, 6.07) is 0.341. The summed E-state index contributed by atoms with van der Waals surface area (Å²) in [7, 11) is 0. The van der Waals surface area contributed by atoms with Gasteiger partial charge in [0.25, 0.3) is 0 Å². The summed E-state index contributed by atoms with van der Waals surface area (Å²) in [4.78, 5) is 13.5. The molecule has 1 heterocycles. The number of esters is 1. The van der Waals surface area contributed by atoms with E-state index in [9.17, 15) is 4.79 Å². The van der Waals surface area contributed by atoms with Crippen molar-refractivity contribution < 1.29 is 14.3 Å². The molecule has 0 aromatic rings. The van der Waals surface area contributed by atoms with Gasteiger partial charge in [-0.25, -0.2) is 0 Å². The van der Waals surface area contributed by atoms with Crippen molar-refractivity contribution in [2.24, 2.45) is 0 Å². The average Bonchev–Trinajstić information content (AvgIpc) is 2.69. The van der Waals surface area contributed by atoms with Crippen molar-refractivity contribution in [3.63, 3.8) is 0 Å². The zero-order valence-corrected chi connectivity index (χ0v) is 10.6. The molecular weight excluding hydrogens is 206 g/mol. The first kappa shape index (κ1) is 13.5. The van der Waals surface area contributed by atoms with Crippen molar-refractivity contribution >= 4 is 5.97 Å². The summed E-state index contributed by atoms with van der Waals surface area (Å²) in [6.45, 7) is 8.52. The molecule has 0 N–H and O–H groups in total. The van der Waals surface area contributed by atoms with Crippen LogP contribution in [0.1, 0.15) is 33.6 Å². The van der Waals surface area contributed by atoms with Crippen LogP contribution in [0, 0.1) is 0 Å². The Bertz CT molecular complexity index is 212. The molecule has 0 bridgehead atoms. The lowest BCUT2D eigenvalue weighted by atomic mass is 10.2. The zero-order valence-electron chi connectivity index (χ0n) is 10.6. The molecule has 1 fully saturated rings. The van der Waals surface area contributed by atoms with Crippen LogP contribution in [0.2, 0.25) is 0 Å². The van der Waals surface area contributed by atoms with E-state index in [0.29, 0.717) is 19.2 Å². The van der Waals surface area contributed by atoms with Gasteiger partial charge in [0.15, 0.2) is 0 Å². The van der Waals surface area contributed by atoms with Crippen molar-refractivity contribution in [1.82, 2.24) is 4.90 Å². The van der Waals surface area contributed by atoms with Crippen LogP contribution in [0.5, 0.6) is 0 Å². The van der Waals surface area contributed by atoms with Crippen LogP contribution in [0.3, 0.4) is 0 Å². The van der Waals surface area contributed by atoms with Crippen LogP contribution in [0.25, 0.3) is 0 Å². The Hall–Kier alpha value is -0.610. The van der Waals surface area contributed by atoms with E-state index in [4.69, 9.17) is 9.47 Å². The highest BCUT2D eigenvalue weighted by Gasteiger charge is 2.22. The summed E-state index contributed by atoms with van der Waals surface area (Å²) in [5, 5.41) is 0. The Morgan fingerprint density at radius 1 is 1.56 bits per heavy atom. The lowest BCUT2D eigenvalue weighted by Gasteiger charge is -2.27. The fourth-order valence-corrected chi connectivity index (χ4v) is 1.88. The van der Waals surface area contributed by atoms with Crippen LogP contribution in [-0.4, -0.2) is 49.3 Å². The SMILES string of the molecule is CCOC(=O)CN(CC1CCCO1)C(C)C. The molecule has 1 rings (SSSR count). The van der Waals surface area contributed by atoms with Gasteiger partial charge in [-0.2, -0.15) is 0 Å². The molecule has 0 aliphatic carbocycles. The topological polar surface area (TPSA) is 38.8 Å². The first-order valence-corrected chi connectivity index (χ1v) is 6.14. The molecule has 0 radical (unpaired) electrons. The summed E-state index contributed by atoms with van der Waals surface area (Å²) < 4.78 is 10.5. The first-order chi connectivity index (χ1) is 7.63. The molecule has 1 unspecified atom stereocenters. The van der Waals surface area contributed by atoms with Crippen LogP contribution < -0.4 is 0 Å². The molecular formula is C12H23NO3. The third-order valence-corrected chi connectivity index (χ3v) is 2.83. The second-order valence-corrected chi connectivity index (χ2v) is 4.46. The largest absolute Gasteiger partial charge is 0.465 e. The van der Waals surface area contributed by atoms with Gasteiger partial charge in [0.1, 0.15) is 0 Å². The Kier molecular flexibility index (Phi) is 5.77. The van der Waals surface area contributed by atoms with E-state index in [1.54, 1.807) is 0 Å². The van der Waals surface area contributed by atoms with Gasteiger partial charge >= 0.3 is 5.97 Å².